The van der Waals surface area contributed by atoms with Gasteiger partial charge in [0.2, 0.25) is 0 Å². The normalized spacial score (nSPS) is 15.2. The van der Waals surface area contributed by atoms with Crippen molar-refractivity contribution >= 4 is 35.3 Å². The van der Waals surface area contributed by atoms with Crippen LogP contribution in [0.2, 0.25) is 5.02 Å². The summed E-state index contributed by atoms with van der Waals surface area (Å²) in [5.74, 6) is -0.389. The van der Waals surface area contributed by atoms with Crippen LogP contribution in [0.15, 0.2) is 48.2 Å². The largest absolute Gasteiger partial charge is 0.333 e. The second-order valence-corrected chi connectivity index (χ2v) is 8.45. The summed E-state index contributed by atoms with van der Waals surface area (Å²) in [5, 5.41) is 3.24. The van der Waals surface area contributed by atoms with E-state index in [-0.39, 0.29) is 11.6 Å². The summed E-state index contributed by atoms with van der Waals surface area (Å²) in [6.45, 7) is 10.4. The molecule has 5 nitrogen and oxygen atoms in total. The van der Waals surface area contributed by atoms with Gasteiger partial charge in [-0.25, -0.2) is 9.69 Å². The molecule has 1 N–H and O–H groups in total. The lowest BCUT2D eigenvalue weighted by molar-refractivity contribution is -0.113. The highest BCUT2D eigenvalue weighted by atomic mass is 35.5. The minimum Gasteiger partial charge on any atom is -0.317 e. The maximum absolute atomic E-state index is 13.0. The van der Waals surface area contributed by atoms with E-state index in [0.29, 0.717) is 10.7 Å². The standard InChI is InChI=1S/C25H24ClN3O2/c1-14-10-15(2)23(16(3)11-14)28-17(4)12-19(18(28)5)13-22-24(30)29(25(31)27-22)21-8-6-20(26)7-9-21/h6-13H,1-5H3,(H,27,31)/b22-13+. The van der Waals surface area contributed by atoms with Crippen molar-refractivity contribution in [1.29, 1.82) is 0 Å². The molecule has 0 atom stereocenters. The van der Waals surface area contributed by atoms with Crippen LogP contribution >= 0.6 is 11.6 Å². The summed E-state index contributed by atoms with van der Waals surface area (Å²) in [7, 11) is 0. The summed E-state index contributed by atoms with van der Waals surface area (Å²) in [6.07, 6.45) is 1.74. The summed E-state index contributed by atoms with van der Waals surface area (Å²) in [6, 6.07) is 12.5. The Labute approximate surface area is 186 Å². The van der Waals surface area contributed by atoms with Crippen molar-refractivity contribution in [3.05, 3.63) is 86.8 Å². The maximum atomic E-state index is 13.0. The van der Waals surface area contributed by atoms with E-state index >= 15 is 0 Å². The highest BCUT2D eigenvalue weighted by Crippen LogP contribution is 2.29. The van der Waals surface area contributed by atoms with Gasteiger partial charge in [-0.05, 0) is 87.7 Å². The fourth-order valence-corrected chi connectivity index (χ4v) is 4.44. The van der Waals surface area contributed by atoms with E-state index in [1.54, 1.807) is 30.3 Å². The van der Waals surface area contributed by atoms with Gasteiger partial charge in [0.05, 0.1) is 11.4 Å². The average molecular weight is 434 g/mol. The SMILES string of the molecule is Cc1cc(C)c(-n2c(C)cc(/C=C3/NC(=O)N(c4ccc(Cl)cc4)C3=O)c2C)c(C)c1. The van der Waals surface area contributed by atoms with Gasteiger partial charge < -0.3 is 9.88 Å². The number of hydrogen-bond donors (Lipinski definition) is 1. The van der Waals surface area contributed by atoms with Crippen LogP contribution in [0.5, 0.6) is 0 Å². The number of benzene rings is 2. The van der Waals surface area contributed by atoms with E-state index < -0.39 is 6.03 Å². The maximum Gasteiger partial charge on any atom is 0.333 e. The minimum absolute atomic E-state index is 0.248. The lowest BCUT2D eigenvalue weighted by atomic mass is 10.0. The molecule has 0 unspecified atom stereocenters. The van der Waals surface area contributed by atoms with Crippen LogP contribution in [-0.2, 0) is 4.79 Å². The van der Waals surface area contributed by atoms with Gasteiger partial charge in [-0.1, -0.05) is 29.3 Å². The molecule has 0 spiro atoms. The van der Waals surface area contributed by atoms with Crippen molar-refractivity contribution in [3.63, 3.8) is 0 Å². The summed E-state index contributed by atoms with van der Waals surface area (Å²) >= 11 is 5.93. The molecule has 1 aliphatic heterocycles. The first-order valence-corrected chi connectivity index (χ1v) is 10.4. The Morgan fingerprint density at radius 3 is 2.13 bits per heavy atom. The summed E-state index contributed by atoms with van der Waals surface area (Å²) < 4.78 is 2.20. The third kappa shape index (κ3) is 3.66. The highest BCUT2D eigenvalue weighted by molar-refractivity contribution is 6.31. The zero-order chi connectivity index (χ0) is 22.4. The number of rotatable bonds is 3. The zero-order valence-electron chi connectivity index (χ0n) is 18.2. The second kappa shape index (κ2) is 7.75. The number of aryl methyl sites for hydroxylation is 4. The molecule has 0 bridgehead atoms. The van der Waals surface area contributed by atoms with Crippen molar-refractivity contribution < 1.29 is 9.59 Å². The van der Waals surface area contributed by atoms with E-state index in [9.17, 15) is 9.59 Å². The predicted molar refractivity (Wildman–Crippen MR) is 125 cm³/mol. The number of carbonyl (C=O) groups is 2. The molecule has 1 aliphatic rings. The van der Waals surface area contributed by atoms with Crippen LogP contribution in [0, 0.1) is 34.6 Å². The number of nitrogens with zero attached hydrogens (tertiary/aromatic N) is 2. The Hall–Kier alpha value is -3.31. The molecule has 0 aliphatic carbocycles. The van der Waals surface area contributed by atoms with Crippen LogP contribution in [0.3, 0.4) is 0 Å². The average Bonchev–Trinajstić information content (AvgIpc) is 3.12. The Morgan fingerprint density at radius 2 is 1.52 bits per heavy atom. The lowest BCUT2D eigenvalue weighted by Gasteiger charge is -2.17. The van der Waals surface area contributed by atoms with E-state index in [1.165, 1.54) is 16.7 Å². The van der Waals surface area contributed by atoms with Crippen molar-refractivity contribution in [2.24, 2.45) is 0 Å². The van der Waals surface area contributed by atoms with Gasteiger partial charge in [-0.3, -0.25) is 4.79 Å². The van der Waals surface area contributed by atoms with Crippen LogP contribution in [0.4, 0.5) is 10.5 Å². The molecular weight excluding hydrogens is 410 g/mol. The van der Waals surface area contributed by atoms with Gasteiger partial charge in [0, 0.05) is 16.4 Å². The van der Waals surface area contributed by atoms with Gasteiger partial charge in [0.1, 0.15) is 5.70 Å². The Balaban J connectivity index is 1.74. The molecule has 158 valence electrons. The van der Waals surface area contributed by atoms with Crippen molar-refractivity contribution in [2.45, 2.75) is 34.6 Å². The molecule has 0 radical (unpaired) electrons. The molecule has 31 heavy (non-hydrogen) atoms. The van der Waals surface area contributed by atoms with Gasteiger partial charge in [-0.2, -0.15) is 0 Å². The number of imide groups is 1. The van der Waals surface area contributed by atoms with Crippen LogP contribution in [0.1, 0.15) is 33.6 Å². The fourth-order valence-electron chi connectivity index (χ4n) is 4.32. The first-order valence-electron chi connectivity index (χ1n) is 10.1. The molecular formula is C25H24ClN3O2. The number of amides is 3. The lowest BCUT2D eigenvalue weighted by Crippen LogP contribution is -2.30. The summed E-state index contributed by atoms with van der Waals surface area (Å²) in [5.41, 5.74) is 8.44. The number of hydrogen-bond acceptors (Lipinski definition) is 2. The third-order valence-corrected chi connectivity index (χ3v) is 5.84. The number of halogens is 1. The predicted octanol–water partition coefficient (Wildman–Crippen LogP) is 5.77. The molecule has 3 amide bonds. The number of anilines is 1. The third-order valence-electron chi connectivity index (χ3n) is 5.59. The fraction of sp³-hybridized carbons (Fsp3) is 0.200. The van der Waals surface area contributed by atoms with E-state index in [0.717, 1.165) is 27.5 Å². The summed E-state index contributed by atoms with van der Waals surface area (Å²) in [4.78, 5) is 26.6. The minimum atomic E-state index is -0.474. The Morgan fingerprint density at radius 1 is 0.903 bits per heavy atom. The van der Waals surface area contributed by atoms with Gasteiger partial charge in [0.25, 0.3) is 5.91 Å². The molecule has 3 aromatic rings. The van der Waals surface area contributed by atoms with Crippen LogP contribution < -0.4 is 10.2 Å². The number of aromatic nitrogens is 1. The smallest absolute Gasteiger partial charge is 0.317 e. The molecule has 1 saturated heterocycles. The van der Waals surface area contributed by atoms with E-state index in [1.807, 2.05) is 19.9 Å². The quantitative estimate of drug-likeness (QED) is 0.421. The molecule has 6 heteroatoms. The number of urea groups is 1. The number of nitrogens with one attached hydrogen (secondary N) is 1. The second-order valence-electron chi connectivity index (χ2n) is 8.01. The molecule has 1 fully saturated rings. The van der Waals surface area contributed by atoms with Crippen molar-refractivity contribution in [1.82, 2.24) is 9.88 Å². The van der Waals surface area contributed by atoms with Crippen LogP contribution in [-0.4, -0.2) is 16.5 Å². The highest BCUT2D eigenvalue weighted by Gasteiger charge is 2.35. The van der Waals surface area contributed by atoms with E-state index in [4.69, 9.17) is 11.6 Å². The van der Waals surface area contributed by atoms with E-state index in [2.05, 4.69) is 42.8 Å². The van der Waals surface area contributed by atoms with Gasteiger partial charge in [0.15, 0.2) is 0 Å². The molecule has 2 heterocycles. The zero-order valence-corrected chi connectivity index (χ0v) is 19.0. The molecule has 4 rings (SSSR count). The first-order chi connectivity index (χ1) is 14.7. The Bertz CT molecular complexity index is 1230. The monoisotopic (exact) mass is 433 g/mol. The molecule has 2 aromatic carbocycles. The van der Waals surface area contributed by atoms with Gasteiger partial charge in [-0.15, -0.1) is 0 Å². The number of carbonyl (C=O) groups excluding carboxylic acids is 2. The molecule has 0 saturated carbocycles. The van der Waals surface area contributed by atoms with Crippen molar-refractivity contribution in [3.8, 4) is 5.69 Å². The molecule has 1 aromatic heterocycles. The topological polar surface area (TPSA) is 54.3 Å². The van der Waals surface area contributed by atoms with Gasteiger partial charge >= 0.3 is 6.03 Å². The first kappa shape index (κ1) is 20.9. The van der Waals surface area contributed by atoms with Crippen LogP contribution in [0.25, 0.3) is 11.8 Å². The Kier molecular flexibility index (Phi) is 5.23. The van der Waals surface area contributed by atoms with Crippen molar-refractivity contribution in [2.75, 3.05) is 4.90 Å².